The molecule has 1 fully saturated rings. The SMILES string of the molecule is COCCN(C(=O)CCc1ncc(-c2ccc(C)cc2)o1)C1CCS(=O)(=O)C1. The lowest BCUT2D eigenvalue weighted by Crippen LogP contribution is -2.43. The van der Waals surface area contributed by atoms with Crippen LogP contribution in [0.4, 0.5) is 0 Å². The van der Waals surface area contributed by atoms with Gasteiger partial charge in [-0.25, -0.2) is 13.4 Å². The van der Waals surface area contributed by atoms with E-state index in [4.69, 9.17) is 9.15 Å². The lowest BCUT2D eigenvalue weighted by molar-refractivity contribution is -0.133. The van der Waals surface area contributed by atoms with Gasteiger partial charge in [-0.05, 0) is 13.3 Å². The standard InChI is InChI=1S/C20H26N2O5S/c1-15-3-5-16(6-4-15)18-13-21-19(27-18)7-8-20(23)22(10-11-26-2)17-9-12-28(24,25)14-17/h3-6,13,17H,7-12,14H2,1-2H3. The van der Waals surface area contributed by atoms with Crippen LogP contribution >= 0.6 is 0 Å². The molecule has 8 heteroatoms. The number of aryl methyl sites for hydroxylation is 2. The van der Waals surface area contributed by atoms with Crippen LogP contribution in [0.2, 0.25) is 0 Å². The minimum atomic E-state index is -3.06. The zero-order valence-corrected chi connectivity index (χ0v) is 17.1. The van der Waals surface area contributed by atoms with Crippen LogP contribution in [0.3, 0.4) is 0 Å². The molecule has 1 unspecified atom stereocenters. The van der Waals surface area contributed by atoms with E-state index in [1.165, 1.54) is 5.56 Å². The van der Waals surface area contributed by atoms with Crippen LogP contribution in [-0.2, 0) is 25.8 Å². The highest BCUT2D eigenvalue weighted by Crippen LogP contribution is 2.22. The molecule has 0 saturated carbocycles. The van der Waals surface area contributed by atoms with Crippen LogP contribution in [0.15, 0.2) is 34.9 Å². The number of carbonyl (C=O) groups is 1. The summed E-state index contributed by atoms with van der Waals surface area (Å²) in [7, 11) is -1.50. The Morgan fingerprint density at radius 3 is 2.71 bits per heavy atom. The number of amides is 1. The van der Waals surface area contributed by atoms with E-state index in [-0.39, 0.29) is 29.9 Å². The van der Waals surface area contributed by atoms with Crippen molar-refractivity contribution in [2.75, 3.05) is 31.8 Å². The third-order valence-electron chi connectivity index (χ3n) is 4.95. The number of hydrogen-bond donors (Lipinski definition) is 0. The van der Waals surface area contributed by atoms with Crippen molar-refractivity contribution in [1.82, 2.24) is 9.88 Å². The summed E-state index contributed by atoms with van der Waals surface area (Å²) >= 11 is 0. The predicted octanol–water partition coefficient (Wildman–Crippen LogP) is 2.24. The molecular weight excluding hydrogens is 380 g/mol. The van der Waals surface area contributed by atoms with Crippen molar-refractivity contribution in [3.8, 4) is 11.3 Å². The second kappa shape index (κ2) is 8.87. The van der Waals surface area contributed by atoms with Gasteiger partial charge in [0.15, 0.2) is 21.5 Å². The van der Waals surface area contributed by atoms with Gasteiger partial charge < -0.3 is 14.1 Å². The van der Waals surface area contributed by atoms with Crippen LogP contribution in [0.1, 0.15) is 24.3 Å². The zero-order chi connectivity index (χ0) is 20.1. The lowest BCUT2D eigenvalue weighted by atomic mass is 10.1. The van der Waals surface area contributed by atoms with Crippen molar-refractivity contribution >= 4 is 15.7 Å². The van der Waals surface area contributed by atoms with Crippen molar-refractivity contribution in [3.63, 3.8) is 0 Å². The average Bonchev–Trinajstić information content (AvgIpc) is 3.27. The molecule has 2 aromatic rings. The number of hydrogen-bond acceptors (Lipinski definition) is 6. The summed E-state index contributed by atoms with van der Waals surface area (Å²) in [6.07, 6.45) is 2.73. The van der Waals surface area contributed by atoms with Crippen molar-refractivity contribution in [2.24, 2.45) is 0 Å². The minimum absolute atomic E-state index is 0.0268. The molecule has 3 rings (SSSR count). The third-order valence-corrected chi connectivity index (χ3v) is 6.70. The highest BCUT2D eigenvalue weighted by atomic mass is 32.2. The molecule has 0 spiro atoms. The smallest absolute Gasteiger partial charge is 0.223 e. The number of rotatable bonds is 8. The quantitative estimate of drug-likeness (QED) is 0.668. The number of carbonyl (C=O) groups excluding carboxylic acids is 1. The maximum absolute atomic E-state index is 12.7. The summed E-state index contributed by atoms with van der Waals surface area (Å²) in [5.74, 6) is 1.22. The Balaban J connectivity index is 1.62. The fourth-order valence-corrected chi connectivity index (χ4v) is 5.09. The first-order chi connectivity index (χ1) is 13.4. The fourth-order valence-electron chi connectivity index (χ4n) is 3.36. The summed E-state index contributed by atoms with van der Waals surface area (Å²) in [6.45, 7) is 2.78. The van der Waals surface area contributed by atoms with Gasteiger partial charge in [-0.3, -0.25) is 4.79 Å². The van der Waals surface area contributed by atoms with Gasteiger partial charge in [0.25, 0.3) is 0 Å². The lowest BCUT2D eigenvalue weighted by Gasteiger charge is -2.28. The number of oxazole rings is 1. The third kappa shape index (κ3) is 5.20. The Morgan fingerprint density at radius 1 is 1.32 bits per heavy atom. The number of aromatic nitrogens is 1. The minimum Gasteiger partial charge on any atom is -0.441 e. The maximum atomic E-state index is 12.7. The van der Waals surface area contributed by atoms with E-state index < -0.39 is 9.84 Å². The highest BCUT2D eigenvalue weighted by Gasteiger charge is 2.34. The number of ether oxygens (including phenoxy) is 1. The molecule has 1 amide bonds. The van der Waals surface area contributed by atoms with Crippen LogP contribution in [-0.4, -0.2) is 62.0 Å². The first-order valence-electron chi connectivity index (χ1n) is 9.38. The van der Waals surface area contributed by atoms with E-state index in [0.717, 1.165) is 5.56 Å². The number of methoxy groups -OCH3 is 1. The number of benzene rings is 1. The van der Waals surface area contributed by atoms with Gasteiger partial charge in [0.05, 0.1) is 24.3 Å². The maximum Gasteiger partial charge on any atom is 0.223 e. The summed E-state index contributed by atoms with van der Waals surface area (Å²) in [5.41, 5.74) is 2.10. The molecule has 1 atom stereocenters. The van der Waals surface area contributed by atoms with Gasteiger partial charge in [-0.2, -0.15) is 0 Å². The molecule has 0 aliphatic carbocycles. The van der Waals surface area contributed by atoms with E-state index in [1.54, 1.807) is 18.2 Å². The van der Waals surface area contributed by atoms with Crippen LogP contribution < -0.4 is 0 Å². The van der Waals surface area contributed by atoms with Gasteiger partial charge >= 0.3 is 0 Å². The number of sulfone groups is 1. The molecule has 1 aromatic heterocycles. The fraction of sp³-hybridized carbons (Fsp3) is 0.500. The largest absolute Gasteiger partial charge is 0.441 e. The predicted molar refractivity (Wildman–Crippen MR) is 106 cm³/mol. The molecule has 1 aliphatic heterocycles. The van der Waals surface area contributed by atoms with E-state index in [9.17, 15) is 13.2 Å². The van der Waals surface area contributed by atoms with Crippen molar-refractivity contribution < 1.29 is 22.4 Å². The Labute approximate surface area is 165 Å². The van der Waals surface area contributed by atoms with Crippen molar-refractivity contribution in [3.05, 3.63) is 41.9 Å². The molecule has 0 radical (unpaired) electrons. The van der Waals surface area contributed by atoms with Crippen LogP contribution in [0.25, 0.3) is 11.3 Å². The molecule has 0 bridgehead atoms. The molecule has 2 heterocycles. The van der Waals surface area contributed by atoms with Gasteiger partial charge in [0.1, 0.15) is 0 Å². The monoisotopic (exact) mass is 406 g/mol. The first kappa shape index (κ1) is 20.5. The second-order valence-electron chi connectivity index (χ2n) is 7.12. The molecule has 0 N–H and O–H groups in total. The van der Waals surface area contributed by atoms with E-state index in [2.05, 4.69) is 4.98 Å². The summed E-state index contributed by atoms with van der Waals surface area (Å²) in [4.78, 5) is 18.6. The van der Waals surface area contributed by atoms with Crippen molar-refractivity contribution in [1.29, 1.82) is 0 Å². The highest BCUT2D eigenvalue weighted by molar-refractivity contribution is 7.91. The Bertz CT molecular complexity index is 905. The molecule has 7 nitrogen and oxygen atoms in total. The van der Waals surface area contributed by atoms with E-state index >= 15 is 0 Å². The normalized spacial score (nSPS) is 18.3. The first-order valence-corrected chi connectivity index (χ1v) is 11.2. The van der Waals surface area contributed by atoms with Crippen LogP contribution in [0, 0.1) is 6.92 Å². The Morgan fingerprint density at radius 2 is 2.07 bits per heavy atom. The second-order valence-corrected chi connectivity index (χ2v) is 9.35. The average molecular weight is 407 g/mol. The Hall–Kier alpha value is -2.19. The Kier molecular flexibility index (Phi) is 6.51. The molecule has 1 saturated heterocycles. The van der Waals surface area contributed by atoms with E-state index in [0.29, 0.717) is 37.6 Å². The summed E-state index contributed by atoms with van der Waals surface area (Å²) < 4.78 is 34.4. The molecule has 28 heavy (non-hydrogen) atoms. The van der Waals surface area contributed by atoms with Gasteiger partial charge in [-0.15, -0.1) is 0 Å². The topological polar surface area (TPSA) is 89.7 Å². The molecule has 1 aliphatic rings. The van der Waals surface area contributed by atoms with E-state index in [1.807, 2.05) is 31.2 Å². The zero-order valence-electron chi connectivity index (χ0n) is 16.3. The van der Waals surface area contributed by atoms with Gasteiger partial charge in [0.2, 0.25) is 5.91 Å². The molecule has 1 aromatic carbocycles. The van der Waals surface area contributed by atoms with Gasteiger partial charge in [0, 0.05) is 38.1 Å². The molecular formula is C20H26N2O5S. The van der Waals surface area contributed by atoms with Crippen molar-refractivity contribution in [2.45, 2.75) is 32.2 Å². The van der Waals surface area contributed by atoms with Gasteiger partial charge in [-0.1, -0.05) is 29.8 Å². The number of nitrogens with zero attached hydrogens (tertiary/aromatic N) is 2. The molecule has 152 valence electrons. The summed E-state index contributed by atoms with van der Waals surface area (Å²) in [6, 6.07) is 7.67. The summed E-state index contributed by atoms with van der Waals surface area (Å²) in [5, 5.41) is 0. The van der Waals surface area contributed by atoms with Crippen LogP contribution in [0.5, 0.6) is 0 Å².